The third-order valence-corrected chi connectivity index (χ3v) is 3.17. The van der Waals surface area contributed by atoms with Gasteiger partial charge in [0.2, 0.25) is 5.91 Å². The number of nitro groups is 1. The molecule has 2 aromatic rings. The van der Waals surface area contributed by atoms with Crippen LogP contribution in [0.2, 0.25) is 0 Å². The summed E-state index contributed by atoms with van der Waals surface area (Å²) in [6.45, 7) is 3.68. The second-order valence-corrected chi connectivity index (χ2v) is 4.95. The molecule has 0 aliphatic heterocycles. The molecule has 2 rings (SSSR count). The topological polar surface area (TPSA) is 125 Å². The lowest BCUT2D eigenvalue weighted by molar-refractivity contribution is -0.384. The van der Waals surface area contributed by atoms with Crippen LogP contribution in [0, 0.1) is 10.1 Å². The van der Waals surface area contributed by atoms with Gasteiger partial charge in [-0.2, -0.15) is 0 Å². The predicted octanol–water partition coefficient (Wildman–Crippen LogP) is 1.84. The molecular weight excluding hydrogens is 314 g/mol. The molecule has 0 aliphatic rings. The number of non-ortho nitro benzene ring substituents is 1. The fraction of sp³-hybridized carbons (Fsp3) is 0.0625. The molecule has 124 valence electrons. The number of hydrogen-bond donors (Lipinski definition) is 4. The Morgan fingerprint density at radius 2 is 1.79 bits per heavy atom. The summed E-state index contributed by atoms with van der Waals surface area (Å²) in [6.07, 6.45) is 0.0137. The molecular formula is C16H15N3O5. The third kappa shape index (κ3) is 4.23. The van der Waals surface area contributed by atoms with Gasteiger partial charge in [0.25, 0.3) is 5.69 Å². The van der Waals surface area contributed by atoms with Crippen LogP contribution in [-0.2, 0) is 11.2 Å². The van der Waals surface area contributed by atoms with Gasteiger partial charge in [-0.25, -0.2) is 0 Å². The molecule has 0 bridgehead atoms. The number of carbonyl (C=O) groups is 1. The Labute approximate surface area is 137 Å². The largest absolute Gasteiger partial charge is 0.508 e. The number of nitrogens with zero attached hydrogens (tertiary/aromatic N) is 1. The van der Waals surface area contributed by atoms with E-state index in [9.17, 15) is 25.1 Å². The molecule has 0 aromatic heterocycles. The van der Waals surface area contributed by atoms with Crippen molar-refractivity contribution >= 4 is 17.3 Å². The Bertz CT molecular complexity index is 787. The van der Waals surface area contributed by atoms with Crippen molar-refractivity contribution in [3.05, 3.63) is 70.3 Å². The van der Waals surface area contributed by atoms with Gasteiger partial charge in [-0.05, 0) is 17.7 Å². The van der Waals surface area contributed by atoms with Crippen molar-refractivity contribution in [3.63, 3.8) is 0 Å². The lowest BCUT2D eigenvalue weighted by atomic mass is 10.1. The summed E-state index contributed by atoms with van der Waals surface area (Å²) < 4.78 is 0. The van der Waals surface area contributed by atoms with Gasteiger partial charge in [0, 0.05) is 23.8 Å². The zero-order chi connectivity index (χ0) is 17.7. The molecule has 8 nitrogen and oxygen atoms in total. The predicted molar refractivity (Wildman–Crippen MR) is 86.9 cm³/mol. The molecule has 0 radical (unpaired) electrons. The SMILES string of the molecule is C=C(NNC(=O)Cc1ccc([N+](=O)[O-])cc1)c1ccc(O)cc1O. The lowest BCUT2D eigenvalue weighted by Gasteiger charge is -2.12. The van der Waals surface area contributed by atoms with E-state index < -0.39 is 4.92 Å². The van der Waals surface area contributed by atoms with Crippen LogP contribution in [0.3, 0.4) is 0 Å². The second kappa shape index (κ2) is 7.14. The van der Waals surface area contributed by atoms with Crippen molar-refractivity contribution in [2.45, 2.75) is 6.42 Å². The fourth-order valence-corrected chi connectivity index (χ4v) is 1.95. The Balaban J connectivity index is 1.90. The highest BCUT2D eigenvalue weighted by Gasteiger charge is 2.09. The highest BCUT2D eigenvalue weighted by atomic mass is 16.6. The first-order valence-electron chi connectivity index (χ1n) is 6.86. The third-order valence-electron chi connectivity index (χ3n) is 3.17. The molecule has 1 amide bonds. The number of hydrogen-bond acceptors (Lipinski definition) is 6. The fourth-order valence-electron chi connectivity index (χ4n) is 1.95. The van der Waals surface area contributed by atoms with Crippen molar-refractivity contribution in [1.82, 2.24) is 10.9 Å². The van der Waals surface area contributed by atoms with Gasteiger partial charge < -0.3 is 10.2 Å². The molecule has 0 unspecified atom stereocenters. The van der Waals surface area contributed by atoms with E-state index in [-0.39, 0.29) is 35.2 Å². The molecule has 2 aromatic carbocycles. The minimum Gasteiger partial charge on any atom is -0.508 e. The monoisotopic (exact) mass is 329 g/mol. The van der Waals surface area contributed by atoms with Gasteiger partial charge in [-0.3, -0.25) is 25.8 Å². The maximum absolute atomic E-state index is 11.9. The molecule has 24 heavy (non-hydrogen) atoms. The molecule has 0 saturated carbocycles. The number of nitrogens with one attached hydrogen (secondary N) is 2. The van der Waals surface area contributed by atoms with Gasteiger partial charge in [-0.1, -0.05) is 18.7 Å². The summed E-state index contributed by atoms with van der Waals surface area (Å²) in [4.78, 5) is 21.9. The smallest absolute Gasteiger partial charge is 0.269 e. The summed E-state index contributed by atoms with van der Waals surface area (Å²) in [7, 11) is 0. The summed E-state index contributed by atoms with van der Waals surface area (Å²) in [5, 5.41) is 29.5. The number of amides is 1. The number of rotatable bonds is 6. The van der Waals surface area contributed by atoms with Gasteiger partial charge in [0.05, 0.1) is 17.0 Å². The summed E-state index contributed by atoms with van der Waals surface area (Å²) >= 11 is 0. The first-order valence-corrected chi connectivity index (χ1v) is 6.86. The summed E-state index contributed by atoms with van der Waals surface area (Å²) in [5.41, 5.74) is 6.10. The van der Waals surface area contributed by atoms with E-state index in [4.69, 9.17) is 0 Å². The first kappa shape index (κ1) is 16.8. The number of hydrazine groups is 1. The van der Waals surface area contributed by atoms with Gasteiger partial charge in [-0.15, -0.1) is 0 Å². The summed E-state index contributed by atoms with van der Waals surface area (Å²) in [6, 6.07) is 9.62. The number of aromatic hydroxyl groups is 2. The minimum absolute atomic E-state index is 0.0137. The van der Waals surface area contributed by atoms with Crippen molar-refractivity contribution < 1.29 is 19.9 Å². The van der Waals surface area contributed by atoms with Crippen molar-refractivity contribution in [2.75, 3.05) is 0 Å². The Morgan fingerprint density at radius 1 is 1.12 bits per heavy atom. The zero-order valence-electron chi connectivity index (χ0n) is 12.5. The van der Waals surface area contributed by atoms with Crippen LogP contribution >= 0.6 is 0 Å². The summed E-state index contributed by atoms with van der Waals surface area (Å²) in [5.74, 6) is -0.661. The van der Waals surface area contributed by atoms with Crippen LogP contribution < -0.4 is 10.9 Å². The lowest BCUT2D eigenvalue weighted by Crippen LogP contribution is -2.36. The average molecular weight is 329 g/mol. The minimum atomic E-state index is -0.514. The normalized spacial score (nSPS) is 10.0. The molecule has 4 N–H and O–H groups in total. The van der Waals surface area contributed by atoms with E-state index in [1.54, 1.807) is 0 Å². The van der Waals surface area contributed by atoms with Crippen molar-refractivity contribution in [3.8, 4) is 11.5 Å². The number of phenols is 2. The highest BCUT2D eigenvalue weighted by molar-refractivity contribution is 5.80. The van der Waals surface area contributed by atoms with Crippen LogP contribution in [0.5, 0.6) is 11.5 Å². The molecule has 8 heteroatoms. The van der Waals surface area contributed by atoms with Crippen molar-refractivity contribution in [2.24, 2.45) is 0 Å². The van der Waals surface area contributed by atoms with Gasteiger partial charge in [0.15, 0.2) is 0 Å². The molecule has 0 heterocycles. The molecule has 0 spiro atoms. The number of carbonyl (C=O) groups excluding carboxylic acids is 1. The highest BCUT2D eigenvalue weighted by Crippen LogP contribution is 2.26. The van der Waals surface area contributed by atoms with Gasteiger partial charge >= 0.3 is 0 Å². The molecule has 0 aliphatic carbocycles. The number of phenolic OH excluding ortho intramolecular Hbond substituents is 2. The average Bonchev–Trinajstić information content (AvgIpc) is 2.53. The number of nitro benzene ring substituents is 1. The van der Waals surface area contributed by atoms with Crippen LogP contribution in [0.15, 0.2) is 49.0 Å². The zero-order valence-corrected chi connectivity index (χ0v) is 12.5. The second-order valence-electron chi connectivity index (χ2n) is 4.95. The van der Waals surface area contributed by atoms with Crippen LogP contribution in [-0.4, -0.2) is 21.0 Å². The van der Waals surface area contributed by atoms with E-state index in [1.165, 1.54) is 36.4 Å². The van der Waals surface area contributed by atoms with E-state index in [2.05, 4.69) is 17.4 Å². The number of benzene rings is 2. The van der Waals surface area contributed by atoms with Gasteiger partial charge in [0.1, 0.15) is 11.5 Å². The van der Waals surface area contributed by atoms with E-state index in [0.29, 0.717) is 11.1 Å². The molecule has 0 atom stereocenters. The molecule has 0 fully saturated rings. The molecule has 0 saturated heterocycles. The Morgan fingerprint density at radius 3 is 2.38 bits per heavy atom. The van der Waals surface area contributed by atoms with E-state index in [1.807, 2.05) is 0 Å². The van der Waals surface area contributed by atoms with E-state index >= 15 is 0 Å². The van der Waals surface area contributed by atoms with Crippen LogP contribution in [0.1, 0.15) is 11.1 Å². The quantitative estimate of drug-likeness (QED) is 0.473. The maximum Gasteiger partial charge on any atom is 0.269 e. The first-order chi connectivity index (χ1) is 11.4. The Hall–Kier alpha value is -3.55. The maximum atomic E-state index is 11.9. The standard InChI is InChI=1S/C16H15N3O5/c1-10(14-7-6-13(20)9-15(14)21)17-18-16(22)8-11-2-4-12(5-3-11)19(23)24/h2-7,9,17,20-21H,1,8H2,(H,18,22). The van der Waals surface area contributed by atoms with Crippen LogP contribution in [0.4, 0.5) is 5.69 Å². The Kier molecular flexibility index (Phi) is 5.00. The van der Waals surface area contributed by atoms with E-state index in [0.717, 1.165) is 6.07 Å². The van der Waals surface area contributed by atoms with Crippen LogP contribution in [0.25, 0.3) is 5.70 Å². The van der Waals surface area contributed by atoms with Crippen molar-refractivity contribution in [1.29, 1.82) is 0 Å².